The molecule has 1 aromatic heterocycles. The molecule has 34 heavy (non-hydrogen) atoms. The fraction of sp³-hybridized carbons (Fsp3) is 0.692. The van der Waals surface area contributed by atoms with Gasteiger partial charge in [-0.15, -0.1) is 0 Å². The summed E-state index contributed by atoms with van der Waals surface area (Å²) in [5.41, 5.74) is 0.700. The van der Waals surface area contributed by atoms with Gasteiger partial charge in [0, 0.05) is 13.2 Å². The van der Waals surface area contributed by atoms with Crippen molar-refractivity contribution in [2.24, 2.45) is 17.8 Å². The Morgan fingerprint density at radius 2 is 1.88 bits per heavy atom. The van der Waals surface area contributed by atoms with E-state index in [0.717, 1.165) is 56.6 Å². The van der Waals surface area contributed by atoms with Gasteiger partial charge in [-0.05, 0) is 87.2 Å². The summed E-state index contributed by atoms with van der Waals surface area (Å²) in [6.45, 7) is 4.94. The highest BCUT2D eigenvalue weighted by molar-refractivity contribution is 5.88. The van der Waals surface area contributed by atoms with E-state index in [9.17, 15) is 9.90 Å². The Balaban J connectivity index is 1.07. The van der Waals surface area contributed by atoms with Gasteiger partial charge in [0.1, 0.15) is 11.1 Å². The second kappa shape index (κ2) is 11.0. The molecule has 2 unspecified atom stereocenters. The Hall–Kier alpha value is -2.32. The number of carboxylic acid groups (broad SMARTS) is 1. The number of carboxylic acids is 1. The summed E-state index contributed by atoms with van der Waals surface area (Å²) in [4.78, 5) is 13.7. The van der Waals surface area contributed by atoms with Crippen LogP contribution in [-0.4, -0.2) is 66.7 Å². The molecule has 2 atom stereocenters. The molecular weight excluding hydrogens is 436 g/mol. The average Bonchev–Trinajstić information content (AvgIpc) is 3.25. The molecule has 2 aromatic rings. The molecule has 2 aliphatic heterocycles. The first kappa shape index (κ1) is 23.4. The predicted octanol–water partition coefficient (Wildman–Crippen LogP) is 4.37. The Labute approximate surface area is 200 Å². The molecule has 8 nitrogen and oxygen atoms in total. The number of aliphatic carboxylic acids is 1. The molecule has 1 N–H and O–H groups in total. The molecular formula is C26H36N2O6. The molecule has 1 aromatic carbocycles. The minimum Gasteiger partial charge on any atom is -0.492 e. The van der Waals surface area contributed by atoms with Gasteiger partial charge < -0.3 is 28.7 Å². The molecule has 3 fully saturated rings. The van der Waals surface area contributed by atoms with Crippen LogP contribution >= 0.6 is 0 Å². The van der Waals surface area contributed by atoms with E-state index in [-0.39, 0.29) is 12.0 Å². The second-order valence-corrected chi connectivity index (χ2v) is 10.2. The average molecular weight is 473 g/mol. The highest BCUT2D eigenvalue weighted by Crippen LogP contribution is 2.36. The number of carbonyl (C=O) groups is 1. The van der Waals surface area contributed by atoms with E-state index < -0.39 is 5.97 Å². The fourth-order valence-electron chi connectivity index (χ4n) is 5.23. The first-order valence-electron chi connectivity index (χ1n) is 12.9. The topological polar surface area (TPSA) is 94.3 Å². The van der Waals surface area contributed by atoms with Crippen molar-refractivity contribution in [1.82, 2.24) is 10.1 Å². The number of piperidine rings is 1. The zero-order valence-electron chi connectivity index (χ0n) is 19.8. The molecule has 3 aliphatic rings. The van der Waals surface area contributed by atoms with Crippen molar-refractivity contribution >= 4 is 16.9 Å². The Morgan fingerprint density at radius 3 is 2.65 bits per heavy atom. The Bertz CT molecular complexity index is 950. The van der Waals surface area contributed by atoms with Crippen molar-refractivity contribution in [2.45, 2.75) is 57.5 Å². The van der Waals surface area contributed by atoms with Crippen molar-refractivity contribution in [2.75, 3.05) is 39.5 Å². The summed E-state index contributed by atoms with van der Waals surface area (Å²) < 4.78 is 23.5. The van der Waals surface area contributed by atoms with Gasteiger partial charge in [-0.3, -0.25) is 4.79 Å². The van der Waals surface area contributed by atoms with Crippen molar-refractivity contribution in [3.05, 3.63) is 18.2 Å². The lowest BCUT2D eigenvalue weighted by Gasteiger charge is -2.34. The van der Waals surface area contributed by atoms with Gasteiger partial charge in [0.25, 0.3) is 5.88 Å². The number of hydrogen-bond donors (Lipinski definition) is 1. The molecule has 3 heterocycles. The molecule has 5 rings (SSSR count). The van der Waals surface area contributed by atoms with Crippen molar-refractivity contribution in [3.8, 4) is 11.6 Å². The summed E-state index contributed by atoms with van der Waals surface area (Å²) in [6.07, 6.45) is 8.18. The second-order valence-electron chi connectivity index (χ2n) is 10.2. The van der Waals surface area contributed by atoms with E-state index in [1.54, 1.807) is 0 Å². The number of benzene rings is 1. The molecule has 0 bridgehead atoms. The zero-order valence-corrected chi connectivity index (χ0v) is 19.8. The largest absolute Gasteiger partial charge is 0.492 e. The van der Waals surface area contributed by atoms with Crippen LogP contribution in [-0.2, 0) is 9.53 Å². The lowest BCUT2D eigenvalue weighted by molar-refractivity contribution is -0.147. The van der Waals surface area contributed by atoms with E-state index >= 15 is 0 Å². The Morgan fingerprint density at radius 1 is 1.09 bits per heavy atom. The maximum absolute atomic E-state index is 11.3. The predicted molar refractivity (Wildman–Crippen MR) is 126 cm³/mol. The van der Waals surface area contributed by atoms with E-state index in [2.05, 4.69) is 10.1 Å². The van der Waals surface area contributed by atoms with Gasteiger partial charge in [0.05, 0.1) is 25.2 Å². The summed E-state index contributed by atoms with van der Waals surface area (Å²) >= 11 is 0. The van der Waals surface area contributed by atoms with Crippen molar-refractivity contribution < 1.29 is 28.6 Å². The lowest BCUT2D eigenvalue weighted by Crippen LogP contribution is -2.38. The molecule has 1 saturated carbocycles. The van der Waals surface area contributed by atoms with E-state index in [1.165, 1.54) is 19.3 Å². The molecule has 1 aliphatic carbocycles. The number of hydrogen-bond acceptors (Lipinski definition) is 7. The third-order valence-corrected chi connectivity index (χ3v) is 7.77. The van der Waals surface area contributed by atoms with E-state index in [0.29, 0.717) is 49.4 Å². The number of likely N-dealkylation sites (tertiary alicyclic amines) is 1. The lowest BCUT2D eigenvalue weighted by atomic mass is 9.86. The highest BCUT2D eigenvalue weighted by Gasteiger charge is 2.29. The van der Waals surface area contributed by atoms with Crippen LogP contribution in [0, 0.1) is 17.8 Å². The van der Waals surface area contributed by atoms with Gasteiger partial charge in [-0.25, -0.2) is 0 Å². The van der Waals surface area contributed by atoms with Crippen LogP contribution in [0.4, 0.5) is 0 Å². The standard InChI is InChI=1S/C26H36N2O6/c29-26(30)20-10-14-31-21(15-20)9-13-28-11-7-19(8-12-28)17-33-25-24-22(32-16-18-3-1-4-18)5-2-6-23(24)34-27-25/h2,5-6,18-21H,1,3-4,7-17H2,(H,29,30). The maximum Gasteiger partial charge on any atom is 0.306 e. The number of fused-ring (bicyclic) bond motifs is 1. The van der Waals surface area contributed by atoms with E-state index in [4.69, 9.17) is 18.7 Å². The van der Waals surface area contributed by atoms with Crippen LogP contribution in [0.5, 0.6) is 11.6 Å². The number of ether oxygens (including phenoxy) is 3. The SMILES string of the molecule is O=C(O)C1CCOC(CCN2CCC(COc3noc4cccc(OCC5CCC5)c34)CC2)C1. The number of rotatable bonds is 10. The minimum absolute atomic E-state index is 0.0667. The van der Waals surface area contributed by atoms with Crippen LogP contribution in [0.3, 0.4) is 0 Å². The molecule has 186 valence electrons. The number of nitrogens with zero attached hydrogens (tertiary/aromatic N) is 2. The van der Waals surface area contributed by atoms with Crippen LogP contribution < -0.4 is 9.47 Å². The van der Waals surface area contributed by atoms with Crippen LogP contribution in [0.1, 0.15) is 51.4 Å². The quantitative estimate of drug-likeness (QED) is 0.545. The summed E-state index contributed by atoms with van der Waals surface area (Å²) in [7, 11) is 0. The van der Waals surface area contributed by atoms with Crippen molar-refractivity contribution in [1.29, 1.82) is 0 Å². The molecule has 2 saturated heterocycles. The minimum atomic E-state index is -0.689. The summed E-state index contributed by atoms with van der Waals surface area (Å²) in [5, 5.41) is 14.3. The monoisotopic (exact) mass is 472 g/mol. The van der Waals surface area contributed by atoms with Crippen molar-refractivity contribution in [3.63, 3.8) is 0 Å². The van der Waals surface area contributed by atoms with Gasteiger partial charge in [0.15, 0.2) is 5.58 Å². The van der Waals surface area contributed by atoms with Crippen LogP contribution in [0.25, 0.3) is 11.0 Å². The van der Waals surface area contributed by atoms with Crippen LogP contribution in [0.15, 0.2) is 22.7 Å². The highest BCUT2D eigenvalue weighted by atomic mass is 16.5. The van der Waals surface area contributed by atoms with Gasteiger partial charge in [-0.1, -0.05) is 12.5 Å². The fourth-order valence-corrected chi connectivity index (χ4v) is 5.23. The molecule has 0 amide bonds. The first-order valence-corrected chi connectivity index (χ1v) is 12.9. The van der Waals surface area contributed by atoms with E-state index in [1.807, 2.05) is 18.2 Å². The van der Waals surface area contributed by atoms with Gasteiger partial charge in [-0.2, -0.15) is 0 Å². The first-order chi connectivity index (χ1) is 16.7. The maximum atomic E-state index is 11.3. The third kappa shape index (κ3) is 5.66. The van der Waals surface area contributed by atoms with Gasteiger partial charge in [0.2, 0.25) is 0 Å². The molecule has 0 radical (unpaired) electrons. The third-order valence-electron chi connectivity index (χ3n) is 7.77. The normalized spacial score (nSPS) is 24.7. The molecule has 8 heteroatoms. The molecule has 0 spiro atoms. The number of aromatic nitrogens is 1. The Kier molecular flexibility index (Phi) is 7.54. The van der Waals surface area contributed by atoms with Crippen LogP contribution in [0.2, 0.25) is 0 Å². The smallest absolute Gasteiger partial charge is 0.306 e. The summed E-state index contributed by atoms with van der Waals surface area (Å²) in [6, 6.07) is 5.81. The zero-order chi connectivity index (χ0) is 23.3. The summed E-state index contributed by atoms with van der Waals surface area (Å²) in [5.74, 6) is 1.53. The van der Waals surface area contributed by atoms with Gasteiger partial charge >= 0.3 is 5.97 Å².